The molecule has 0 unspecified atom stereocenters. The predicted octanol–water partition coefficient (Wildman–Crippen LogP) is 2.73. The molecule has 1 saturated heterocycles. The van der Waals surface area contributed by atoms with Crippen LogP contribution in [0.2, 0.25) is 5.02 Å². The average Bonchev–Trinajstić information content (AvgIpc) is 3.12. The molecule has 26 heavy (non-hydrogen) atoms. The van der Waals surface area contributed by atoms with Gasteiger partial charge in [0.15, 0.2) is 5.11 Å². The zero-order valence-corrected chi connectivity index (χ0v) is 15.9. The molecule has 138 valence electrons. The van der Waals surface area contributed by atoms with Crippen molar-refractivity contribution in [3.8, 4) is 11.3 Å². The summed E-state index contributed by atoms with van der Waals surface area (Å²) in [4.78, 5) is 2.34. The minimum Gasteiger partial charge on any atom is -0.455 e. The molecular formula is C18H21ClN4O2S. The summed E-state index contributed by atoms with van der Waals surface area (Å²) in [7, 11) is 0. The van der Waals surface area contributed by atoms with Crippen LogP contribution >= 0.6 is 23.8 Å². The lowest BCUT2D eigenvalue weighted by Gasteiger charge is -2.26. The summed E-state index contributed by atoms with van der Waals surface area (Å²) < 4.78 is 11.1. The first-order valence-corrected chi connectivity index (χ1v) is 9.22. The Kier molecular flexibility index (Phi) is 7.02. The Bertz CT molecular complexity index is 742. The quantitative estimate of drug-likeness (QED) is 0.448. The number of hydrogen-bond acceptors (Lipinski definition) is 5. The standard InChI is InChI=1S/C18H21ClN4O2S/c19-15-3-1-14(2-4-15)17-6-5-16(25-17)13-21-22-18(26)20-7-8-23-9-11-24-12-10-23/h1-6,13H,7-12H2,(H2,20,22,26)/b21-13+. The van der Waals surface area contributed by atoms with E-state index in [4.69, 9.17) is 33.0 Å². The second-order valence-corrected chi connectivity index (χ2v) is 6.63. The number of benzene rings is 1. The lowest BCUT2D eigenvalue weighted by atomic mass is 10.2. The molecule has 1 aliphatic rings. The highest BCUT2D eigenvalue weighted by Crippen LogP contribution is 2.23. The molecule has 6 nitrogen and oxygen atoms in total. The molecule has 1 fully saturated rings. The minimum atomic E-state index is 0.485. The first-order chi connectivity index (χ1) is 12.7. The normalized spacial score (nSPS) is 15.3. The maximum absolute atomic E-state index is 5.90. The van der Waals surface area contributed by atoms with E-state index in [1.807, 2.05) is 36.4 Å². The van der Waals surface area contributed by atoms with Crippen molar-refractivity contribution >= 4 is 35.1 Å². The second kappa shape index (κ2) is 9.68. The Morgan fingerprint density at radius 1 is 1.19 bits per heavy atom. The third-order valence-electron chi connectivity index (χ3n) is 3.93. The molecule has 8 heteroatoms. The van der Waals surface area contributed by atoms with E-state index in [0.717, 1.165) is 50.7 Å². The van der Waals surface area contributed by atoms with E-state index in [0.29, 0.717) is 15.9 Å². The molecule has 0 bridgehead atoms. The van der Waals surface area contributed by atoms with E-state index in [9.17, 15) is 0 Å². The highest BCUT2D eigenvalue weighted by molar-refractivity contribution is 7.80. The van der Waals surface area contributed by atoms with E-state index >= 15 is 0 Å². The Hall–Kier alpha value is -1.93. The Morgan fingerprint density at radius 2 is 1.96 bits per heavy atom. The number of thiocarbonyl (C=S) groups is 1. The van der Waals surface area contributed by atoms with E-state index in [2.05, 4.69) is 20.7 Å². The number of rotatable bonds is 6. The third kappa shape index (κ3) is 5.81. The second-order valence-electron chi connectivity index (χ2n) is 5.79. The lowest BCUT2D eigenvalue weighted by molar-refractivity contribution is 0.0389. The minimum absolute atomic E-state index is 0.485. The van der Waals surface area contributed by atoms with Gasteiger partial charge in [0.1, 0.15) is 11.5 Å². The summed E-state index contributed by atoms with van der Waals surface area (Å²) in [6.07, 6.45) is 1.59. The molecule has 3 rings (SSSR count). The van der Waals surface area contributed by atoms with E-state index in [-0.39, 0.29) is 0 Å². The van der Waals surface area contributed by atoms with Crippen LogP contribution in [0.4, 0.5) is 0 Å². The van der Waals surface area contributed by atoms with Crippen molar-refractivity contribution in [1.82, 2.24) is 15.6 Å². The van der Waals surface area contributed by atoms with Crippen molar-refractivity contribution in [2.45, 2.75) is 0 Å². The van der Waals surface area contributed by atoms with Gasteiger partial charge in [0.2, 0.25) is 0 Å². The molecule has 1 aromatic heterocycles. The summed E-state index contributed by atoms with van der Waals surface area (Å²) in [6.45, 7) is 5.23. The highest BCUT2D eigenvalue weighted by atomic mass is 35.5. The highest BCUT2D eigenvalue weighted by Gasteiger charge is 2.09. The van der Waals surface area contributed by atoms with E-state index in [1.54, 1.807) is 6.21 Å². The van der Waals surface area contributed by atoms with E-state index < -0.39 is 0 Å². The lowest BCUT2D eigenvalue weighted by Crippen LogP contribution is -2.42. The Labute approximate surface area is 163 Å². The van der Waals surface area contributed by atoms with Crippen LogP contribution in [-0.2, 0) is 4.74 Å². The SMILES string of the molecule is S=C(NCCN1CCOCC1)N/N=C/c1ccc(-c2ccc(Cl)cc2)o1. The fourth-order valence-electron chi connectivity index (χ4n) is 2.54. The van der Waals surface area contributed by atoms with Crippen LogP contribution in [0.1, 0.15) is 5.76 Å². The van der Waals surface area contributed by atoms with Crippen LogP contribution in [0.15, 0.2) is 45.9 Å². The number of furan rings is 1. The molecule has 2 heterocycles. The van der Waals surface area contributed by atoms with Crippen molar-refractivity contribution in [3.63, 3.8) is 0 Å². The molecule has 2 aromatic rings. The number of halogens is 1. The smallest absolute Gasteiger partial charge is 0.187 e. The summed E-state index contributed by atoms with van der Waals surface area (Å²) in [5.74, 6) is 1.40. The molecule has 0 amide bonds. The fraction of sp³-hybridized carbons (Fsp3) is 0.333. The third-order valence-corrected chi connectivity index (χ3v) is 4.42. The number of nitrogens with zero attached hydrogens (tertiary/aromatic N) is 2. The molecule has 0 spiro atoms. The number of hydrazone groups is 1. The van der Waals surface area contributed by atoms with Crippen molar-refractivity contribution in [2.24, 2.45) is 5.10 Å². The molecule has 0 radical (unpaired) electrons. The van der Waals surface area contributed by atoms with Crippen LogP contribution < -0.4 is 10.7 Å². The van der Waals surface area contributed by atoms with Crippen LogP contribution in [0.25, 0.3) is 11.3 Å². The predicted molar refractivity (Wildman–Crippen MR) is 108 cm³/mol. The Balaban J connectivity index is 1.40. The molecule has 0 atom stereocenters. The average molecular weight is 393 g/mol. The van der Waals surface area contributed by atoms with Gasteiger partial charge in [0.05, 0.1) is 19.4 Å². The van der Waals surface area contributed by atoms with Crippen molar-refractivity contribution < 1.29 is 9.15 Å². The van der Waals surface area contributed by atoms with Crippen molar-refractivity contribution in [1.29, 1.82) is 0 Å². The van der Waals surface area contributed by atoms with Gasteiger partial charge in [-0.2, -0.15) is 5.10 Å². The van der Waals surface area contributed by atoms with Crippen LogP contribution in [0.5, 0.6) is 0 Å². The molecule has 0 aliphatic carbocycles. The number of nitrogens with one attached hydrogen (secondary N) is 2. The summed E-state index contributed by atoms with van der Waals surface area (Å²) in [5, 5.41) is 8.41. The molecule has 1 aliphatic heterocycles. The Morgan fingerprint density at radius 3 is 2.73 bits per heavy atom. The van der Waals surface area contributed by atoms with Gasteiger partial charge in [-0.15, -0.1) is 0 Å². The van der Waals surface area contributed by atoms with Gasteiger partial charge in [-0.05, 0) is 48.6 Å². The molecule has 0 saturated carbocycles. The first-order valence-electron chi connectivity index (χ1n) is 8.43. The fourth-order valence-corrected chi connectivity index (χ4v) is 2.82. The molecular weight excluding hydrogens is 372 g/mol. The van der Waals surface area contributed by atoms with Gasteiger partial charge in [-0.25, -0.2) is 0 Å². The number of hydrogen-bond donors (Lipinski definition) is 2. The van der Waals surface area contributed by atoms with Crippen LogP contribution in [0, 0.1) is 0 Å². The zero-order valence-electron chi connectivity index (χ0n) is 14.3. The molecule has 1 aromatic carbocycles. The summed E-state index contributed by atoms with van der Waals surface area (Å²) in [6, 6.07) is 11.2. The van der Waals surface area contributed by atoms with Crippen LogP contribution in [0.3, 0.4) is 0 Å². The summed E-state index contributed by atoms with van der Waals surface area (Å²) in [5.41, 5.74) is 3.75. The molecule has 2 N–H and O–H groups in total. The summed E-state index contributed by atoms with van der Waals surface area (Å²) >= 11 is 11.1. The van der Waals surface area contributed by atoms with Crippen molar-refractivity contribution in [3.05, 3.63) is 47.2 Å². The first kappa shape index (κ1) is 18.8. The maximum atomic E-state index is 5.90. The van der Waals surface area contributed by atoms with Gasteiger partial charge in [-0.1, -0.05) is 11.6 Å². The number of morpholine rings is 1. The van der Waals surface area contributed by atoms with Gasteiger partial charge >= 0.3 is 0 Å². The number of ether oxygens (including phenoxy) is 1. The monoisotopic (exact) mass is 392 g/mol. The van der Waals surface area contributed by atoms with Gasteiger partial charge in [0, 0.05) is 36.8 Å². The maximum Gasteiger partial charge on any atom is 0.187 e. The van der Waals surface area contributed by atoms with Crippen molar-refractivity contribution in [2.75, 3.05) is 39.4 Å². The van der Waals surface area contributed by atoms with Gasteiger partial charge in [-0.3, -0.25) is 10.3 Å². The topological polar surface area (TPSA) is 62.0 Å². The van der Waals surface area contributed by atoms with Crippen LogP contribution in [-0.4, -0.2) is 55.6 Å². The zero-order chi connectivity index (χ0) is 18.2. The largest absolute Gasteiger partial charge is 0.455 e. The van der Waals surface area contributed by atoms with Gasteiger partial charge in [0.25, 0.3) is 0 Å². The van der Waals surface area contributed by atoms with Gasteiger partial charge < -0.3 is 14.5 Å². The van der Waals surface area contributed by atoms with E-state index in [1.165, 1.54) is 0 Å².